The van der Waals surface area contributed by atoms with E-state index in [4.69, 9.17) is 0 Å². The monoisotopic (exact) mass is 377 g/mol. The number of aromatic nitrogens is 3. The zero-order valence-electron chi connectivity index (χ0n) is 15.7. The molecule has 0 fully saturated rings. The second-order valence-electron chi connectivity index (χ2n) is 6.57. The van der Waals surface area contributed by atoms with Gasteiger partial charge in [-0.3, -0.25) is 14.3 Å². The van der Waals surface area contributed by atoms with E-state index in [9.17, 15) is 9.59 Å². The largest absolute Gasteiger partial charge is 0.349 e. The molecule has 28 heavy (non-hydrogen) atoms. The van der Waals surface area contributed by atoms with Gasteiger partial charge >= 0.3 is 0 Å². The Hall–Kier alpha value is -3.48. The van der Waals surface area contributed by atoms with Crippen molar-refractivity contribution >= 4 is 17.5 Å². The predicted octanol–water partition coefficient (Wildman–Crippen LogP) is 2.86. The van der Waals surface area contributed by atoms with Gasteiger partial charge in [-0.05, 0) is 36.6 Å². The minimum Gasteiger partial charge on any atom is -0.349 e. The number of hydrogen-bond donors (Lipinski definition) is 2. The molecule has 1 aromatic heterocycles. The van der Waals surface area contributed by atoms with Gasteiger partial charge in [-0.2, -0.15) is 5.10 Å². The highest BCUT2D eigenvalue weighted by Crippen LogP contribution is 2.18. The highest BCUT2D eigenvalue weighted by Gasteiger charge is 2.17. The third kappa shape index (κ3) is 5.77. The standard InChI is InChI=1S/C21H23N5O2/c1-16-6-5-9-18(12-16)24-20(27)13-21(28)25-19(17-7-3-2-4-8-17)10-11-26-15-22-14-23-26/h2-9,12,14-15,19H,10-11,13H2,1H3,(H,24,27)(H,25,28). The second kappa shape index (κ2) is 9.45. The van der Waals surface area contributed by atoms with Gasteiger partial charge in [0.2, 0.25) is 11.8 Å². The summed E-state index contributed by atoms with van der Waals surface area (Å²) in [4.78, 5) is 28.6. The van der Waals surface area contributed by atoms with E-state index in [1.807, 2.05) is 55.5 Å². The molecule has 0 bridgehead atoms. The Bertz CT molecular complexity index is 910. The molecule has 3 rings (SSSR count). The highest BCUT2D eigenvalue weighted by atomic mass is 16.2. The van der Waals surface area contributed by atoms with Crippen molar-refractivity contribution in [3.05, 3.63) is 78.4 Å². The smallest absolute Gasteiger partial charge is 0.233 e. The lowest BCUT2D eigenvalue weighted by molar-refractivity contribution is -0.127. The molecule has 7 heteroatoms. The normalized spacial score (nSPS) is 11.6. The quantitative estimate of drug-likeness (QED) is 0.591. The summed E-state index contributed by atoms with van der Waals surface area (Å²) >= 11 is 0. The topological polar surface area (TPSA) is 88.9 Å². The lowest BCUT2D eigenvalue weighted by Crippen LogP contribution is -2.32. The van der Waals surface area contributed by atoms with Gasteiger partial charge in [0.1, 0.15) is 19.1 Å². The van der Waals surface area contributed by atoms with Crippen LogP contribution in [0.1, 0.15) is 30.0 Å². The average molecular weight is 377 g/mol. The minimum atomic E-state index is -0.341. The molecule has 0 aliphatic carbocycles. The first-order valence-electron chi connectivity index (χ1n) is 9.13. The summed E-state index contributed by atoms with van der Waals surface area (Å²) in [6.07, 6.45) is 3.52. The zero-order valence-corrected chi connectivity index (χ0v) is 15.7. The van der Waals surface area contributed by atoms with E-state index in [-0.39, 0.29) is 24.3 Å². The fourth-order valence-electron chi connectivity index (χ4n) is 2.94. The van der Waals surface area contributed by atoms with Crippen molar-refractivity contribution in [1.29, 1.82) is 0 Å². The predicted molar refractivity (Wildman–Crippen MR) is 106 cm³/mol. The number of amides is 2. The first kappa shape index (κ1) is 19.3. The van der Waals surface area contributed by atoms with Crippen LogP contribution in [0.15, 0.2) is 67.3 Å². The molecule has 1 atom stereocenters. The van der Waals surface area contributed by atoms with Crippen LogP contribution in [-0.2, 0) is 16.1 Å². The Labute approximate surface area is 163 Å². The molecule has 2 amide bonds. The Morgan fingerprint density at radius 1 is 1.07 bits per heavy atom. The van der Waals surface area contributed by atoms with Crippen molar-refractivity contribution < 1.29 is 9.59 Å². The van der Waals surface area contributed by atoms with E-state index in [1.165, 1.54) is 6.33 Å². The van der Waals surface area contributed by atoms with Crippen LogP contribution in [-0.4, -0.2) is 26.6 Å². The molecule has 1 heterocycles. The molecule has 144 valence electrons. The van der Waals surface area contributed by atoms with Crippen LogP contribution >= 0.6 is 0 Å². The lowest BCUT2D eigenvalue weighted by atomic mass is 10.0. The number of benzene rings is 2. The molecule has 0 radical (unpaired) electrons. The van der Waals surface area contributed by atoms with Crippen LogP contribution in [0.5, 0.6) is 0 Å². The zero-order chi connectivity index (χ0) is 19.8. The molecule has 7 nitrogen and oxygen atoms in total. The fourth-order valence-corrected chi connectivity index (χ4v) is 2.94. The van der Waals surface area contributed by atoms with Gasteiger partial charge in [0.15, 0.2) is 0 Å². The first-order chi connectivity index (χ1) is 13.6. The van der Waals surface area contributed by atoms with Crippen molar-refractivity contribution in [2.45, 2.75) is 32.4 Å². The number of anilines is 1. The molecule has 0 saturated heterocycles. The third-order valence-electron chi connectivity index (χ3n) is 4.27. The molecule has 1 unspecified atom stereocenters. The Balaban J connectivity index is 1.59. The summed E-state index contributed by atoms with van der Waals surface area (Å²) in [5, 5.41) is 9.81. The number of hydrogen-bond acceptors (Lipinski definition) is 4. The summed E-state index contributed by atoms with van der Waals surface area (Å²) in [5.74, 6) is -0.663. The van der Waals surface area contributed by atoms with Gasteiger partial charge in [0.05, 0.1) is 6.04 Å². The molecule has 0 aliphatic rings. The number of nitrogens with one attached hydrogen (secondary N) is 2. The maximum atomic E-state index is 12.4. The molecule has 0 saturated carbocycles. The van der Waals surface area contributed by atoms with Crippen LogP contribution in [0.3, 0.4) is 0 Å². The summed E-state index contributed by atoms with van der Waals surface area (Å²) in [7, 11) is 0. The summed E-state index contributed by atoms with van der Waals surface area (Å²) in [6, 6.07) is 16.9. The number of aryl methyl sites for hydroxylation is 2. The molecule has 2 N–H and O–H groups in total. The van der Waals surface area contributed by atoms with Crippen LogP contribution < -0.4 is 10.6 Å². The van der Waals surface area contributed by atoms with E-state index in [0.29, 0.717) is 18.7 Å². The van der Waals surface area contributed by atoms with Gasteiger partial charge in [-0.25, -0.2) is 4.98 Å². The van der Waals surface area contributed by atoms with Crippen molar-refractivity contribution in [2.24, 2.45) is 0 Å². The van der Waals surface area contributed by atoms with Gasteiger partial charge in [0.25, 0.3) is 0 Å². The van der Waals surface area contributed by atoms with Crippen molar-refractivity contribution in [2.75, 3.05) is 5.32 Å². The Kier molecular flexibility index (Phi) is 6.51. The molecule has 0 aliphatic heterocycles. The molecular formula is C21H23N5O2. The number of rotatable bonds is 8. The first-order valence-corrected chi connectivity index (χ1v) is 9.13. The van der Waals surface area contributed by atoms with Crippen LogP contribution in [0.2, 0.25) is 0 Å². The van der Waals surface area contributed by atoms with E-state index in [1.54, 1.807) is 17.1 Å². The van der Waals surface area contributed by atoms with Crippen LogP contribution in [0.4, 0.5) is 5.69 Å². The number of carbonyl (C=O) groups excluding carboxylic acids is 2. The summed E-state index contributed by atoms with van der Waals surface area (Å²) in [6.45, 7) is 2.55. The van der Waals surface area contributed by atoms with Gasteiger partial charge in [0, 0.05) is 12.2 Å². The maximum Gasteiger partial charge on any atom is 0.233 e. The fraction of sp³-hybridized carbons (Fsp3) is 0.238. The molecular weight excluding hydrogens is 354 g/mol. The van der Waals surface area contributed by atoms with Gasteiger partial charge < -0.3 is 10.6 Å². The minimum absolute atomic E-state index is 0.218. The van der Waals surface area contributed by atoms with Crippen molar-refractivity contribution in [3.63, 3.8) is 0 Å². The third-order valence-corrected chi connectivity index (χ3v) is 4.27. The Morgan fingerprint density at radius 3 is 2.61 bits per heavy atom. The van der Waals surface area contributed by atoms with Crippen molar-refractivity contribution in [3.8, 4) is 0 Å². The number of carbonyl (C=O) groups is 2. The molecule has 0 spiro atoms. The summed E-state index contributed by atoms with van der Waals surface area (Å²) < 4.78 is 1.71. The van der Waals surface area contributed by atoms with Gasteiger partial charge in [-0.15, -0.1) is 0 Å². The summed E-state index contributed by atoms with van der Waals surface area (Å²) in [5.41, 5.74) is 2.71. The van der Waals surface area contributed by atoms with Crippen LogP contribution in [0.25, 0.3) is 0 Å². The van der Waals surface area contributed by atoms with Crippen LogP contribution in [0, 0.1) is 6.92 Å². The second-order valence-corrected chi connectivity index (χ2v) is 6.57. The highest BCUT2D eigenvalue weighted by molar-refractivity contribution is 6.03. The number of nitrogens with zero attached hydrogens (tertiary/aromatic N) is 3. The average Bonchev–Trinajstić information content (AvgIpc) is 3.19. The molecule has 3 aromatic rings. The van der Waals surface area contributed by atoms with E-state index in [0.717, 1.165) is 11.1 Å². The SMILES string of the molecule is Cc1cccc(NC(=O)CC(=O)NC(CCn2cncn2)c2ccccc2)c1. The Morgan fingerprint density at radius 2 is 1.89 bits per heavy atom. The van der Waals surface area contributed by atoms with Gasteiger partial charge in [-0.1, -0.05) is 42.5 Å². The van der Waals surface area contributed by atoms with Crippen molar-refractivity contribution in [1.82, 2.24) is 20.1 Å². The lowest BCUT2D eigenvalue weighted by Gasteiger charge is -2.19. The maximum absolute atomic E-state index is 12.4. The van der Waals surface area contributed by atoms with E-state index >= 15 is 0 Å². The molecule has 2 aromatic carbocycles. The van der Waals surface area contributed by atoms with E-state index < -0.39 is 0 Å². The van der Waals surface area contributed by atoms with E-state index in [2.05, 4.69) is 20.7 Å².